The number of hydrogen-bond acceptors (Lipinski definition) is 2. The highest BCUT2D eigenvalue weighted by Gasteiger charge is 2.33. The summed E-state index contributed by atoms with van der Waals surface area (Å²) < 4.78 is 41.8. The van der Waals surface area contributed by atoms with Gasteiger partial charge in [0.1, 0.15) is 6.73 Å². The van der Waals surface area contributed by atoms with E-state index in [1.165, 1.54) is 0 Å². The van der Waals surface area contributed by atoms with Crippen molar-refractivity contribution in [2.75, 3.05) is 6.61 Å². The molecule has 0 aromatic carbocycles. The van der Waals surface area contributed by atoms with Gasteiger partial charge in [-0.25, -0.2) is 4.68 Å². The van der Waals surface area contributed by atoms with Crippen LogP contribution in [0, 0.1) is 6.07 Å². The summed E-state index contributed by atoms with van der Waals surface area (Å²) in [7, 11) is 0. The van der Waals surface area contributed by atoms with E-state index in [4.69, 9.17) is 4.74 Å². The summed E-state index contributed by atoms with van der Waals surface area (Å²) in [5.74, 6) is 0. The zero-order valence-electron chi connectivity index (χ0n) is 6.93. The van der Waals surface area contributed by atoms with E-state index in [9.17, 15) is 13.2 Å². The van der Waals surface area contributed by atoms with Gasteiger partial charge in [-0.05, 0) is 6.92 Å². The van der Waals surface area contributed by atoms with Gasteiger partial charge in [0.15, 0.2) is 5.69 Å². The maximum atomic E-state index is 12.0. The smallest absolute Gasteiger partial charge is 0.360 e. The van der Waals surface area contributed by atoms with Gasteiger partial charge in [-0.15, -0.1) is 0 Å². The summed E-state index contributed by atoms with van der Waals surface area (Å²) >= 11 is 0. The summed E-state index contributed by atoms with van der Waals surface area (Å²) in [6, 6.07) is 2.00. The van der Waals surface area contributed by atoms with E-state index in [0.717, 1.165) is 10.9 Å². The van der Waals surface area contributed by atoms with Crippen molar-refractivity contribution in [2.45, 2.75) is 19.8 Å². The second-order valence-electron chi connectivity index (χ2n) is 2.28. The molecule has 1 aromatic heterocycles. The molecular weight excluding hydrogens is 185 g/mol. The Kier molecular flexibility index (Phi) is 2.92. The van der Waals surface area contributed by atoms with E-state index >= 15 is 0 Å². The molecule has 0 saturated carbocycles. The average molecular weight is 193 g/mol. The van der Waals surface area contributed by atoms with Crippen LogP contribution in [0.25, 0.3) is 0 Å². The zero-order chi connectivity index (χ0) is 9.90. The van der Waals surface area contributed by atoms with Crippen LogP contribution in [0.3, 0.4) is 0 Å². The van der Waals surface area contributed by atoms with Crippen LogP contribution in [0.5, 0.6) is 0 Å². The molecule has 0 fully saturated rings. The minimum atomic E-state index is -4.43. The minimum Gasteiger partial charge on any atom is -0.360 e. The van der Waals surface area contributed by atoms with Crippen LogP contribution in [-0.4, -0.2) is 16.4 Å². The zero-order valence-corrected chi connectivity index (χ0v) is 6.93. The van der Waals surface area contributed by atoms with Gasteiger partial charge in [-0.1, -0.05) is 0 Å². The molecule has 0 aliphatic rings. The van der Waals surface area contributed by atoms with Gasteiger partial charge in [0.25, 0.3) is 0 Å². The van der Waals surface area contributed by atoms with E-state index in [0.29, 0.717) is 6.61 Å². The molecule has 3 nitrogen and oxygen atoms in total. The second-order valence-corrected chi connectivity index (χ2v) is 2.28. The normalized spacial score (nSPS) is 12.0. The standard InChI is InChI=1S/C7H8F3N2O/c1-2-13-5-12-4-3-6(11-12)7(8,9)10/h4H,2,5H2,1H3. The Morgan fingerprint density at radius 2 is 2.31 bits per heavy atom. The molecule has 0 aliphatic carbocycles. The number of alkyl halides is 3. The Morgan fingerprint density at radius 3 is 2.77 bits per heavy atom. The predicted molar refractivity (Wildman–Crippen MR) is 37.7 cm³/mol. The van der Waals surface area contributed by atoms with E-state index in [-0.39, 0.29) is 6.73 Å². The van der Waals surface area contributed by atoms with Crippen LogP contribution >= 0.6 is 0 Å². The van der Waals surface area contributed by atoms with Gasteiger partial charge in [0, 0.05) is 18.9 Å². The number of rotatable bonds is 3. The lowest BCUT2D eigenvalue weighted by molar-refractivity contribution is -0.142. The summed E-state index contributed by atoms with van der Waals surface area (Å²) in [6.07, 6.45) is -3.32. The first-order valence-corrected chi connectivity index (χ1v) is 3.64. The molecular formula is C7H8F3N2O. The Hall–Kier alpha value is -1.04. The molecule has 0 unspecified atom stereocenters. The van der Waals surface area contributed by atoms with Crippen molar-refractivity contribution >= 4 is 0 Å². The summed E-state index contributed by atoms with van der Waals surface area (Å²) in [6.45, 7) is 2.20. The quantitative estimate of drug-likeness (QED) is 0.730. The molecule has 1 radical (unpaired) electrons. The molecule has 0 bridgehead atoms. The number of halogens is 3. The number of ether oxygens (including phenoxy) is 1. The third-order valence-corrected chi connectivity index (χ3v) is 1.27. The highest BCUT2D eigenvalue weighted by atomic mass is 19.4. The van der Waals surface area contributed by atoms with E-state index in [1.807, 2.05) is 6.07 Å². The molecule has 0 amide bonds. The fourth-order valence-corrected chi connectivity index (χ4v) is 0.711. The van der Waals surface area contributed by atoms with Crippen LogP contribution in [0.15, 0.2) is 6.20 Å². The molecule has 0 saturated heterocycles. The molecule has 0 spiro atoms. The maximum Gasteiger partial charge on any atom is 0.435 e. The third-order valence-electron chi connectivity index (χ3n) is 1.27. The highest BCUT2D eigenvalue weighted by Crippen LogP contribution is 2.26. The summed E-state index contributed by atoms with van der Waals surface area (Å²) in [5, 5.41) is 3.23. The molecule has 0 aliphatic heterocycles. The molecule has 0 N–H and O–H groups in total. The van der Waals surface area contributed by atoms with Crippen molar-refractivity contribution in [3.8, 4) is 0 Å². The monoisotopic (exact) mass is 193 g/mol. The van der Waals surface area contributed by atoms with E-state index < -0.39 is 11.9 Å². The lowest BCUT2D eigenvalue weighted by Crippen LogP contribution is -2.09. The Bertz CT molecular complexity index is 269. The fourth-order valence-electron chi connectivity index (χ4n) is 0.711. The summed E-state index contributed by atoms with van der Waals surface area (Å²) in [5.41, 5.74) is -1.02. The molecule has 6 heteroatoms. The average Bonchev–Trinajstić information content (AvgIpc) is 2.47. The van der Waals surface area contributed by atoms with Crippen molar-refractivity contribution in [1.82, 2.24) is 9.78 Å². The third kappa shape index (κ3) is 2.73. The molecule has 13 heavy (non-hydrogen) atoms. The van der Waals surface area contributed by atoms with Crippen molar-refractivity contribution in [3.05, 3.63) is 18.0 Å². The van der Waals surface area contributed by atoms with Crippen LogP contribution in [-0.2, 0) is 17.6 Å². The minimum absolute atomic E-state index is 0.0169. The lowest BCUT2D eigenvalue weighted by atomic mass is 10.4. The SMILES string of the molecule is CCOCn1c[c]c(C(F)(F)F)n1. The molecule has 1 heterocycles. The molecule has 0 atom stereocenters. The van der Waals surface area contributed by atoms with Crippen molar-refractivity contribution in [3.63, 3.8) is 0 Å². The molecule has 73 valence electrons. The van der Waals surface area contributed by atoms with Crippen LogP contribution in [0.2, 0.25) is 0 Å². The number of aromatic nitrogens is 2. The second kappa shape index (κ2) is 3.78. The van der Waals surface area contributed by atoms with E-state index in [2.05, 4.69) is 5.10 Å². The Balaban J connectivity index is 2.64. The number of nitrogens with zero attached hydrogens (tertiary/aromatic N) is 2. The Morgan fingerprint density at radius 1 is 1.62 bits per heavy atom. The van der Waals surface area contributed by atoms with Gasteiger partial charge in [0.05, 0.1) is 0 Å². The topological polar surface area (TPSA) is 27.1 Å². The Labute approximate surface area is 73.1 Å². The first-order chi connectivity index (χ1) is 6.04. The van der Waals surface area contributed by atoms with Crippen LogP contribution < -0.4 is 0 Å². The van der Waals surface area contributed by atoms with Gasteiger partial charge >= 0.3 is 6.18 Å². The number of hydrogen-bond donors (Lipinski definition) is 0. The maximum absolute atomic E-state index is 12.0. The van der Waals surface area contributed by atoms with Gasteiger partial charge < -0.3 is 4.74 Å². The van der Waals surface area contributed by atoms with Crippen molar-refractivity contribution in [1.29, 1.82) is 0 Å². The first-order valence-electron chi connectivity index (χ1n) is 3.64. The molecule has 1 aromatic rings. The fraction of sp³-hybridized carbons (Fsp3) is 0.571. The highest BCUT2D eigenvalue weighted by molar-refractivity contribution is 5.00. The van der Waals surface area contributed by atoms with Crippen LogP contribution in [0.1, 0.15) is 12.6 Å². The first kappa shape index (κ1) is 10.0. The van der Waals surface area contributed by atoms with Crippen LogP contribution in [0.4, 0.5) is 13.2 Å². The largest absolute Gasteiger partial charge is 0.435 e. The van der Waals surface area contributed by atoms with E-state index in [1.54, 1.807) is 6.92 Å². The predicted octanol–water partition coefficient (Wildman–Crippen LogP) is 1.70. The molecule has 1 rings (SSSR count). The van der Waals surface area contributed by atoms with Crippen molar-refractivity contribution in [2.24, 2.45) is 0 Å². The van der Waals surface area contributed by atoms with Gasteiger partial charge in [-0.3, -0.25) is 0 Å². The lowest BCUT2D eigenvalue weighted by Gasteiger charge is -2.02. The van der Waals surface area contributed by atoms with Gasteiger partial charge in [-0.2, -0.15) is 18.3 Å². The van der Waals surface area contributed by atoms with Crippen molar-refractivity contribution < 1.29 is 17.9 Å². The van der Waals surface area contributed by atoms with Gasteiger partial charge in [0.2, 0.25) is 0 Å². The summed E-state index contributed by atoms with van der Waals surface area (Å²) in [4.78, 5) is 0.